The first-order chi connectivity index (χ1) is 18.5. The molecule has 0 aliphatic carbocycles. The van der Waals surface area contributed by atoms with E-state index in [9.17, 15) is 27.2 Å². The molecule has 0 aromatic carbocycles. The molecular formula is C26H32F4N6O3. The van der Waals surface area contributed by atoms with Gasteiger partial charge in [0.2, 0.25) is 11.8 Å². The normalized spacial score (nSPS) is 29.4. The molecule has 5 heterocycles. The summed E-state index contributed by atoms with van der Waals surface area (Å²) >= 11 is 0. The van der Waals surface area contributed by atoms with Crippen LogP contribution in [0.1, 0.15) is 55.9 Å². The highest BCUT2D eigenvalue weighted by Gasteiger charge is 2.60. The number of nitrogens with one attached hydrogen (secondary N) is 1. The van der Waals surface area contributed by atoms with Crippen LogP contribution in [0.2, 0.25) is 0 Å². The summed E-state index contributed by atoms with van der Waals surface area (Å²) in [5.74, 6) is -2.03. The van der Waals surface area contributed by atoms with Crippen LogP contribution < -0.4 is 10.5 Å². The lowest BCUT2D eigenvalue weighted by Crippen LogP contribution is -2.64. The zero-order valence-corrected chi connectivity index (χ0v) is 21.8. The number of hydrogen-bond acceptors (Lipinski definition) is 6. The van der Waals surface area contributed by atoms with Gasteiger partial charge in [0.25, 0.3) is 5.91 Å². The Hall–Kier alpha value is -3.22. The van der Waals surface area contributed by atoms with Crippen LogP contribution >= 0.6 is 0 Å². The number of alkyl halides is 3. The van der Waals surface area contributed by atoms with Gasteiger partial charge in [-0.05, 0) is 57.1 Å². The molecule has 3 aliphatic rings. The third kappa shape index (κ3) is 4.74. The topological polar surface area (TPSA) is 117 Å². The van der Waals surface area contributed by atoms with E-state index in [1.807, 2.05) is 0 Å². The molecule has 2 amide bonds. The third-order valence-electron chi connectivity index (χ3n) is 8.89. The summed E-state index contributed by atoms with van der Waals surface area (Å²) in [6, 6.07) is 1.01. The summed E-state index contributed by atoms with van der Waals surface area (Å²) in [6.45, 7) is 2.08. The van der Waals surface area contributed by atoms with Crippen molar-refractivity contribution in [1.29, 1.82) is 0 Å². The standard InChI is InChI=1S/C26H32F4N6O3/c1-3-35-13-15(4-5-21(35)26(28,29)30)25-7-6-16(8-14(11-25)23(31)37)36(25)24(38)20-10-19(33-34-20)17-9-22(39-2)32-12-18(17)27/h9-10,12,14-16,21H,3-8,11,13H2,1-2H3,(H2,31,37)(H,33,34)/t14?,15-,16?,21+,25?/m0/s1. The smallest absolute Gasteiger partial charge is 0.404 e. The molecule has 2 bridgehead atoms. The van der Waals surface area contributed by atoms with Gasteiger partial charge in [-0.1, -0.05) is 6.92 Å². The second-order valence-electron chi connectivity index (χ2n) is 10.8. The average molecular weight is 553 g/mol. The first kappa shape index (κ1) is 27.4. The molecule has 5 atom stereocenters. The number of carbonyl (C=O) groups excluding carboxylic acids is 2. The van der Waals surface area contributed by atoms with Crippen molar-refractivity contribution >= 4 is 11.8 Å². The van der Waals surface area contributed by atoms with E-state index in [4.69, 9.17) is 10.5 Å². The van der Waals surface area contributed by atoms with Crippen LogP contribution in [0.4, 0.5) is 17.6 Å². The number of hydrogen-bond donors (Lipinski definition) is 2. The highest BCUT2D eigenvalue weighted by molar-refractivity contribution is 5.95. The number of methoxy groups -OCH3 is 1. The van der Waals surface area contributed by atoms with Crippen LogP contribution in [0.3, 0.4) is 0 Å². The van der Waals surface area contributed by atoms with E-state index in [1.165, 1.54) is 24.1 Å². The highest BCUT2D eigenvalue weighted by atomic mass is 19.4. The van der Waals surface area contributed by atoms with Gasteiger partial charge in [0.15, 0.2) is 11.5 Å². The lowest BCUT2D eigenvalue weighted by molar-refractivity contribution is -0.198. The molecule has 39 heavy (non-hydrogen) atoms. The van der Waals surface area contributed by atoms with E-state index in [-0.39, 0.29) is 60.7 Å². The summed E-state index contributed by atoms with van der Waals surface area (Å²) < 4.78 is 60.8. The van der Waals surface area contributed by atoms with E-state index in [1.54, 1.807) is 11.8 Å². The first-order valence-electron chi connectivity index (χ1n) is 13.2. The fraction of sp³-hybridized carbons (Fsp3) is 0.615. The molecule has 2 aromatic heterocycles. The van der Waals surface area contributed by atoms with Crippen molar-refractivity contribution < 1.29 is 31.9 Å². The quantitative estimate of drug-likeness (QED) is 0.530. The number of likely N-dealkylation sites (tertiary alicyclic amines) is 1. The Labute approximate surface area is 223 Å². The Morgan fingerprint density at radius 2 is 2.03 bits per heavy atom. The van der Waals surface area contributed by atoms with Gasteiger partial charge in [0, 0.05) is 35.7 Å². The largest absolute Gasteiger partial charge is 0.481 e. The molecule has 13 heteroatoms. The van der Waals surface area contributed by atoms with Gasteiger partial charge in [-0.15, -0.1) is 0 Å². The van der Waals surface area contributed by atoms with Crippen LogP contribution in [0.5, 0.6) is 5.88 Å². The van der Waals surface area contributed by atoms with Crippen LogP contribution in [-0.2, 0) is 4.79 Å². The highest BCUT2D eigenvalue weighted by Crippen LogP contribution is 2.53. The van der Waals surface area contributed by atoms with Crippen LogP contribution in [-0.4, -0.2) is 80.8 Å². The molecule has 212 valence electrons. The van der Waals surface area contributed by atoms with Crippen LogP contribution in [0, 0.1) is 17.7 Å². The number of nitrogens with zero attached hydrogens (tertiary/aromatic N) is 4. The van der Waals surface area contributed by atoms with Crippen LogP contribution in [0.15, 0.2) is 18.3 Å². The van der Waals surface area contributed by atoms with Gasteiger partial charge >= 0.3 is 6.18 Å². The minimum atomic E-state index is -4.34. The molecule has 5 rings (SSSR count). The summed E-state index contributed by atoms with van der Waals surface area (Å²) in [7, 11) is 1.40. The Morgan fingerprint density at radius 1 is 1.26 bits per heavy atom. The summed E-state index contributed by atoms with van der Waals surface area (Å²) in [6.07, 6.45) is -1.25. The van der Waals surface area contributed by atoms with Gasteiger partial charge < -0.3 is 15.4 Å². The van der Waals surface area contributed by atoms with Crippen molar-refractivity contribution in [2.24, 2.45) is 17.6 Å². The van der Waals surface area contributed by atoms with E-state index in [0.29, 0.717) is 25.7 Å². The fourth-order valence-electron chi connectivity index (χ4n) is 7.08. The molecule has 3 aliphatic heterocycles. The maximum absolute atomic E-state index is 14.5. The number of primary amides is 1. The third-order valence-corrected chi connectivity index (χ3v) is 8.89. The van der Waals surface area contributed by atoms with Crippen molar-refractivity contribution in [2.45, 2.75) is 69.2 Å². The minimum absolute atomic E-state index is 0.0605. The summed E-state index contributed by atoms with van der Waals surface area (Å²) in [5.41, 5.74) is 5.33. The van der Waals surface area contributed by atoms with Gasteiger partial charge in [0.1, 0.15) is 6.04 Å². The number of rotatable bonds is 6. The molecule has 0 saturated carbocycles. The molecule has 3 saturated heterocycles. The van der Waals surface area contributed by atoms with Crippen molar-refractivity contribution in [3.63, 3.8) is 0 Å². The second kappa shape index (κ2) is 10.1. The predicted octanol–water partition coefficient (Wildman–Crippen LogP) is 3.52. The van der Waals surface area contributed by atoms with Gasteiger partial charge in [0.05, 0.1) is 19.0 Å². The van der Waals surface area contributed by atoms with Gasteiger partial charge in [-0.25, -0.2) is 9.37 Å². The molecule has 2 aromatic rings. The van der Waals surface area contributed by atoms with E-state index in [2.05, 4.69) is 15.2 Å². The maximum Gasteiger partial charge on any atom is 0.404 e. The predicted molar refractivity (Wildman–Crippen MR) is 132 cm³/mol. The number of piperidine rings is 2. The lowest BCUT2D eigenvalue weighted by atomic mass is 9.69. The monoisotopic (exact) mass is 552 g/mol. The van der Waals surface area contributed by atoms with Crippen LogP contribution in [0.25, 0.3) is 11.3 Å². The Morgan fingerprint density at radius 3 is 2.69 bits per heavy atom. The van der Waals surface area contributed by atoms with E-state index < -0.39 is 41.3 Å². The van der Waals surface area contributed by atoms with E-state index >= 15 is 0 Å². The zero-order valence-electron chi connectivity index (χ0n) is 21.8. The molecule has 0 radical (unpaired) electrons. The Balaban J connectivity index is 1.48. The number of ether oxygens (including phenoxy) is 1. The molecule has 3 fully saturated rings. The number of aromatic nitrogens is 3. The summed E-state index contributed by atoms with van der Waals surface area (Å²) in [4.78, 5) is 33.3. The number of carbonyl (C=O) groups is 2. The molecule has 9 nitrogen and oxygen atoms in total. The maximum atomic E-state index is 14.5. The van der Waals surface area contributed by atoms with Crippen molar-refractivity contribution in [3.8, 4) is 17.1 Å². The van der Waals surface area contributed by atoms with Crippen molar-refractivity contribution in [1.82, 2.24) is 25.0 Å². The number of amides is 2. The number of fused-ring (bicyclic) bond motifs is 2. The number of halogens is 4. The number of nitrogens with two attached hydrogens (primary N) is 1. The average Bonchev–Trinajstić information content (AvgIpc) is 3.48. The van der Waals surface area contributed by atoms with Gasteiger partial charge in [-0.3, -0.25) is 19.6 Å². The molecular weight excluding hydrogens is 520 g/mol. The fourth-order valence-corrected chi connectivity index (χ4v) is 7.08. The van der Waals surface area contributed by atoms with Crippen molar-refractivity contribution in [3.05, 3.63) is 29.8 Å². The number of aromatic amines is 1. The molecule has 0 spiro atoms. The number of H-pyrrole nitrogens is 1. The first-order valence-corrected chi connectivity index (χ1v) is 13.2. The minimum Gasteiger partial charge on any atom is -0.481 e. The van der Waals surface area contributed by atoms with Crippen molar-refractivity contribution in [2.75, 3.05) is 20.2 Å². The van der Waals surface area contributed by atoms with Gasteiger partial charge in [-0.2, -0.15) is 18.3 Å². The SMILES string of the molecule is CCN1C[C@@H](C23CCC(CC(C(N)=O)C2)N3C(=O)c2cc(-c3cc(OC)ncc3F)[nH]n2)CC[C@@H]1C(F)(F)F. The zero-order chi connectivity index (χ0) is 28.1. The Bertz CT molecular complexity index is 1250. The molecule has 3 N–H and O–H groups in total. The summed E-state index contributed by atoms with van der Waals surface area (Å²) in [5, 5.41) is 6.89. The lowest BCUT2D eigenvalue weighted by Gasteiger charge is -2.54. The van der Waals surface area contributed by atoms with E-state index in [0.717, 1.165) is 6.20 Å². The Kier molecular flexibility index (Phi) is 7.06. The second-order valence-corrected chi connectivity index (χ2v) is 10.8. The number of pyridine rings is 1. The molecule has 3 unspecified atom stereocenters.